The van der Waals surface area contributed by atoms with Crippen LogP contribution in [0.1, 0.15) is 17.0 Å². The van der Waals surface area contributed by atoms with Crippen LogP contribution in [0, 0.1) is 6.92 Å². The van der Waals surface area contributed by atoms with Crippen LogP contribution in [0.4, 0.5) is 11.5 Å². The molecule has 5 rings (SSSR count). The summed E-state index contributed by atoms with van der Waals surface area (Å²) in [6.07, 6.45) is 2.62. The summed E-state index contributed by atoms with van der Waals surface area (Å²) in [7, 11) is 0. The Morgan fingerprint density at radius 3 is 2.23 bits per heavy atom. The zero-order valence-corrected chi connectivity index (χ0v) is 17.2. The van der Waals surface area contributed by atoms with Crippen LogP contribution < -0.4 is 9.80 Å². The van der Waals surface area contributed by atoms with Crippen molar-refractivity contribution in [1.29, 1.82) is 0 Å². The van der Waals surface area contributed by atoms with E-state index >= 15 is 0 Å². The molecule has 150 valence electrons. The van der Waals surface area contributed by atoms with Gasteiger partial charge in [0.2, 0.25) is 0 Å². The minimum Gasteiger partial charge on any atom is -0.368 e. The fourth-order valence-corrected chi connectivity index (χ4v) is 4.23. The summed E-state index contributed by atoms with van der Waals surface area (Å²) in [5.41, 5.74) is 4.54. The Kier molecular flexibility index (Phi) is 5.01. The molecule has 1 fully saturated rings. The Hall–Kier alpha value is -3.47. The molecule has 5 heteroatoms. The molecule has 4 aromatic rings. The second kappa shape index (κ2) is 8.11. The Labute approximate surface area is 177 Å². The minimum absolute atomic E-state index is 0.763. The van der Waals surface area contributed by atoms with Crippen LogP contribution in [0.25, 0.3) is 10.8 Å². The SMILES string of the molecule is Cc1cc(Cc2nnc(N3CCN(c4ccccc4)CC3)c3ccccc23)ccn1. The van der Waals surface area contributed by atoms with Gasteiger partial charge in [0.05, 0.1) is 5.69 Å². The third-order valence-electron chi connectivity index (χ3n) is 5.78. The first-order chi connectivity index (χ1) is 14.8. The standard InChI is InChI=1S/C25H25N5/c1-19-17-20(11-12-26-19)18-24-22-9-5-6-10-23(22)25(28-27-24)30-15-13-29(14-16-30)21-7-3-2-4-8-21/h2-12,17H,13-16,18H2,1H3. The summed E-state index contributed by atoms with van der Waals surface area (Å²) in [6, 6.07) is 23.3. The normalized spacial score (nSPS) is 14.3. The van der Waals surface area contributed by atoms with E-state index < -0.39 is 0 Å². The van der Waals surface area contributed by atoms with Crippen LogP contribution in [0.15, 0.2) is 72.9 Å². The molecule has 0 amide bonds. The number of nitrogens with zero attached hydrogens (tertiary/aromatic N) is 5. The first-order valence-electron chi connectivity index (χ1n) is 10.5. The molecule has 0 radical (unpaired) electrons. The maximum absolute atomic E-state index is 4.69. The predicted octanol–water partition coefficient (Wildman–Crippen LogP) is 4.25. The van der Waals surface area contributed by atoms with E-state index in [4.69, 9.17) is 0 Å². The third kappa shape index (κ3) is 3.71. The summed E-state index contributed by atoms with van der Waals surface area (Å²) in [4.78, 5) is 9.11. The number of benzene rings is 2. The molecular weight excluding hydrogens is 370 g/mol. The highest BCUT2D eigenvalue weighted by molar-refractivity contribution is 5.93. The Morgan fingerprint density at radius 1 is 0.767 bits per heavy atom. The molecule has 0 spiro atoms. The maximum atomic E-state index is 4.69. The van der Waals surface area contributed by atoms with Gasteiger partial charge in [-0.25, -0.2) is 0 Å². The molecule has 5 nitrogen and oxygen atoms in total. The van der Waals surface area contributed by atoms with Gasteiger partial charge >= 0.3 is 0 Å². The fraction of sp³-hybridized carbons (Fsp3) is 0.240. The smallest absolute Gasteiger partial charge is 0.159 e. The topological polar surface area (TPSA) is 45.2 Å². The van der Waals surface area contributed by atoms with Gasteiger partial charge in [-0.15, -0.1) is 5.10 Å². The van der Waals surface area contributed by atoms with Gasteiger partial charge in [-0.3, -0.25) is 4.98 Å². The highest BCUT2D eigenvalue weighted by atomic mass is 15.3. The highest BCUT2D eigenvalue weighted by Gasteiger charge is 2.21. The van der Waals surface area contributed by atoms with E-state index in [1.165, 1.54) is 22.0 Å². The average Bonchev–Trinajstić information content (AvgIpc) is 2.80. The first-order valence-corrected chi connectivity index (χ1v) is 10.5. The monoisotopic (exact) mass is 395 g/mol. The lowest BCUT2D eigenvalue weighted by Gasteiger charge is -2.37. The molecule has 2 aromatic heterocycles. The van der Waals surface area contributed by atoms with Crippen LogP contribution in [0.2, 0.25) is 0 Å². The lowest BCUT2D eigenvalue weighted by Crippen LogP contribution is -2.47. The second-order valence-electron chi connectivity index (χ2n) is 7.81. The van der Waals surface area contributed by atoms with Crippen LogP contribution >= 0.6 is 0 Å². The molecular formula is C25H25N5. The van der Waals surface area contributed by atoms with Crippen molar-refractivity contribution in [3.63, 3.8) is 0 Å². The van der Waals surface area contributed by atoms with Gasteiger partial charge in [-0.1, -0.05) is 42.5 Å². The lowest BCUT2D eigenvalue weighted by atomic mass is 10.0. The fourth-order valence-electron chi connectivity index (χ4n) is 4.23. The number of aromatic nitrogens is 3. The van der Waals surface area contributed by atoms with E-state index in [-0.39, 0.29) is 0 Å². The summed E-state index contributed by atoms with van der Waals surface area (Å²) in [5, 5.41) is 11.7. The van der Waals surface area contributed by atoms with E-state index in [9.17, 15) is 0 Å². The number of para-hydroxylation sites is 1. The largest absolute Gasteiger partial charge is 0.368 e. The van der Waals surface area contributed by atoms with E-state index in [1.807, 2.05) is 13.1 Å². The van der Waals surface area contributed by atoms with Crippen molar-refractivity contribution in [1.82, 2.24) is 15.2 Å². The van der Waals surface area contributed by atoms with E-state index in [2.05, 4.69) is 91.7 Å². The molecule has 0 unspecified atom stereocenters. The molecule has 30 heavy (non-hydrogen) atoms. The van der Waals surface area contributed by atoms with E-state index in [0.717, 1.165) is 49.8 Å². The molecule has 0 bridgehead atoms. The van der Waals surface area contributed by atoms with E-state index in [1.54, 1.807) is 0 Å². The molecule has 2 aromatic carbocycles. The summed E-state index contributed by atoms with van der Waals surface area (Å²) in [5.74, 6) is 0.993. The molecule has 3 heterocycles. The number of anilines is 2. The zero-order valence-electron chi connectivity index (χ0n) is 17.2. The number of fused-ring (bicyclic) bond motifs is 1. The quantitative estimate of drug-likeness (QED) is 0.517. The van der Waals surface area contributed by atoms with Crippen molar-refractivity contribution >= 4 is 22.3 Å². The number of pyridine rings is 1. The highest BCUT2D eigenvalue weighted by Crippen LogP contribution is 2.28. The van der Waals surface area contributed by atoms with Crippen molar-refractivity contribution < 1.29 is 0 Å². The zero-order chi connectivity index (χ0) is 20.3. The lowest BCUT2D eigenvalue weighted by molar-refractivity contribution is 0.645. The van der Waals surface area contributed by atoms with Crippen molar-refractivity contribution in [3.05, 3.63) is 89.9 Å². The summed E-state index contributed by atoms with van der Waals surface area (Å²) >= 11 is 0. The molecule has 0 N–H and O–H groups in total. The Bertz CT molecular complexity index is 1150. The van der Waals surface area contributed by atoms with Crippen molar-refractivity contribution in [2.45, 2.75) is 13.3 Å². The number of aryl methyl sites for hydroxylation is 1. The van der Waals surface area contributed by atoms with Crippen LogP contribution in [0.3, 0.4) is 0 Å². The average molecular weight is 396 g/mol. The number of piperazine rings is 1. The van der Waals surface area contributed by atoms with Gasteiger partial charge in [0.15, 0.2) is 5.82 Å². The molecule has 1 saturated heterocycles. The molecule has 0 saturated carbocycles. The third-order valence-corrected chi connectivity index (χ3v) is 5.78. The molecule has 0 atom stereocenters. The molecule has 1 aliphatic rings. The van der Waals surface area contributed by atoms with Gasteiger partial charge in [0.25, 0.3) is 0 Å². The van der Waals surface area contributed by atoms with Gasteiger partial charge in [0.1, 0.15) is 0 Å². The number of rotatable bonds is 4. The Balaban J connectivity index is 1.41. The number of hydrogen-bond donors (Lipinski definition) is 0. The molecule has 1 aliphatic heterocycles. The van der Waals surface area contributed by atoms with Gasteiger partial charge < -0.3 is 9.80 Å². The van der Waals surface area contributed by atoms with Gasteiger partial charge in [-0.05, 0) is 36.8 Å². The van der Waals surface area contributed by atoms with Crippen LogP contribution in [-0.2, 0) is 6.42 Å². The summed E-state index contributed by atoms with van der Waals surface area (Å²) in [6.45, 7) is 5.87. The minimum atomic E-state index is 0.763. The van der Waals surface area contributed by atoms with Crippen molar-refractivity contribution in [2.75, 3.05) is 36.0 Å². The van der Waals surface area contributed by atoms with Crippen molar-refractivity contribution in [3.8, 4) is 0 Å². The van der Waals surface area contributed by atoms with Gasteiger partial charge in [-0.2, -0.15) is 5.10 Å². The van der Waals surface area contributed by atoms with Crippen LogP contribution in [0.5, 0.6) is 0 Å². The molecule has 0 aliphatic carbocycles. The second-order valence-corrected chi connectivity index (χ2v) is 7.81. The first kappa shape index (κ1) is 18.6. The van der Waals surface area contributed by atoms with Crippen LogP contribution in [-0.4, -0.2) is 41.4 Å². The van der Waals surface area contributed by atoms with E-state index in [0.29, 0.717) is 0 Å². The Morgan fingerprint density at radius 2 is 1.47 bits per heavy atom. The maximum Gasteiger partial charge on any atom is 0.159 e. The number of hydrogen-bond acceptors (Lipinski definition) is 5. The summed E-state index contributed by atoms with van der Waals surface area (Å²) < 4.78 is 0. The van der Waals surface area contributed by atoms with Crippen molar-refractivity contribution in [2.24, 2.45) is 0 Å². The predicted molar refractivity (Wildman–Crippen MR) is 122 cm³/mol. The van der Waals surface area contributed by atoms with Gasteiger partial charge in [0, 0.05) is 61.0 Å².